The van der Waals surface area contributed by atoms with Crippen molar-refractivity contribution in [3.05, 3.63) is 0 Å². The van der Waals surface area contributed by atoms with Gasteiger partial charge in [0.15, 0.2) is 5.78 Å². The molecule has 0 aromatic heterocycles. The molecule has 0 aromatic rings. The maximum Gasteiger partial charge on any atom is 0.501 e. The third-order valence-electron chi connectivity index (χ3n) is 4.57. The minimum Gasteiger partial charge on any atom is -0.374 e. The van der Waals surface area contributed by atoms with E-state index in [-0.39, 0.29) is 5.78 Å². The van der Waals surface area contributed by atoms with Crippen LogP contribution in [0.1, 0.15) is 98.3 Å². The summed E-state index contributed by atoms with van der Waals surface area (Å²) in [4.78, 5) is 12.8. The van der Waals surface area contributed by atoms with E-state index in [0.717, 1.165) is 12.8 Å². The molecule has 0 amide bonds. The van der Waals surface area contributed by atoms with E-state index in [4.69, 9.17) is 25.5 Å². The zero-order valence-electron chi connectivity index (χ0n) is 18.1. The summed E-state index contributed by atoms with van der Waals surface area (Å²) in [5.41, 5.74) is 0. The van der Waals surface area contributed by atoms with Crippen LogP contribution in [0, 0.1) is 0 Å². The van der Waals surface area contributed by atoms with Gasteiger partial charge in [0.1, 0.15) is 0 Å². The van der Waals surface area contributed by atoms with Crippen molar-refractivity contribution in [3.63, 3.8) is 0 Å². The minimum atomic E-state index is -2.71. The van der Waals surface area contributed by atoms with Crippen molar-refractivity contribution in [2.24, 2.45) is 0 Å². The number of thiocarbonyl (C=S) groups is 1. The molecule has 0 spiro atoms. The van der Waals surface area contributed by atoms with E-state index in [1.165, 1.54) is 44.9 Å². The van der Waals surface area contributed by atoms with E-state index >= 15 is 0 Å². The van der Waals surface area contributed by atoms with Gasteiger partial charge in [-0.1, -0.05) is 70.5 Å². The molecule has 4 nitrogen and oxygen atoms in total. The zero-order chi connectivity index (χ0) is 20.4. The molecule has 0 N–H and O–H groups in total. The second-order valence-corrected chi connectivity index (χ2v) is 10.1. The summed E-state index contributed by atoms with van der Waals surface area (Å²) in [5, 5.41) is 0. The summed E-state index contributed by atoms with van der Waals surface area (Å²) >= 11 is 5.36. The molecule has 0 radical (unpaired) electrons. The predicted octanol–water partition coefficient (Wildman–Crippen LogP) is 6.28. The number of ketones is 1. The average molecular weight is 419 g/mol. The van der Waals surface area contributed by atoms with E-state index in [2.05, 4.69) is 6.92 Å². The van der Waals surface area contributed by atoms with Gasteiger partial charge in [0.25, 0.3) is 0 Å². The number of rotatable bonds is 20. The lowest BCUT2D eigenvalue weighted by atomic mass is 10.0. The van der Waals surface area contributed by atoms with Gasteiger partial charge in [-0.05, 0) is 33.6 Å². The molecule has 0 atom stereocenters. The molecule has 0 saturated carbocycles. The van der Waals surface area contributed by atoms with Crippen LogP contribution in [0.3, 0.4) is 0 Å². The van der Waals surface area contributed by atoms with Crippen molar-refractivity contribution < 1.29 is 18.1 Å². The highest BCUT2D eigenvalue weighted by Gasteiger charge is 2.40. The largest absolute Gasteiger partial charge is 0.501 e. The predicted molar refractivity (Wildman–Crippen MR) is 120 cm³/mol. The summed E-state index contributed by atoms with van der Waals surface area (Å²) < 4.78 is 17.5. The molecule has 0 saturated heterocycles. The zero-order valence-corrected chi connectivity index (χ0v) is 20.0. The normalized spacial score (nSPS) is 11.7. The molecule has 0 fully saturated rings. The van der Waals surface area contributed by atoms with Crippen molar-refractivity contribution in [2.45, 2.75) is 104 Å². The van der Waals surface area contributed by atoms with E-state index in [9.17, 15) is 4.79 Å². The van der Waals surface area contributed by atoms with Gasteiger partial charge < -0.3 is 13.3 Å². The molecular weight excluding hydrogens is 376 g/mol. The second kappa shape index (κ2) is 17.9. The smallest absolute Gasteiger partial charge is 0.374 e. The van der Waals surface area contributed by atoms with Crippen molar-refractivity contribution in [2.75, 3.05) is 19.8 Å². The topological polar surface area (TPSA) is 44.8 Å². The summed E-state index contributed by atoms with van der Waals surface area (Å²) in [6.07, 6.45) is 12.4. The number of Topliss-reactive ketones (excluding diaryl/α,β-unsaturated/α-hetero) is 1. The van der Waals surface area contributed by atoms with Crippen LogP contribution in [-0.4, -0.2) is 39.3 Å². The fraction of sp³-hybridized carbons (Fsp3) is 0.905. The van der Waals surface area contributed by atoms with E-state index in [1.807, 2.05) is 20.8 Å². The van der Waals surface area contributed by atoms with Gasteiger partial charge in [-0.15, -0.1) is 0 Å². The lowest BCUT2D eigenvalue weighted by molar-refractivity contribution is -0.113. The van der Waals surface area contributed by atoms with Crippen LogP contribution in [0.15, 0.2) is 0 Å². The first-order chi connectivity index (χ1) is 13.0. The van der Waals surface area contributed by atoms with Gasteiger partial charge in [0, 0.05) is 32.3 Å². The molecule has 0 bridgehead atoms. The Morgan fingerprint density at radius 3 is 1.59 bits per heavy atom. The first-order valence-corrected chi connectivity index (χ1v) is 13.4. The quantitative estimate of drug-likeness (QED) is 0.132. The number of unbranched alkanes of at least 4 members (excludes halogenated alkanes) is 8. The molecular formula is C21H42O4SSi. The van der Waals surface area contributed by atoms with Crippen LogP contribution in [0.2, 0.25) is 6.04 Å². The van der Waals surface area contributed by atoms with Crippen molar-refractivity contribution in [3.8, 4) is 0 Å². The second-order valence-electron chi connectivity index (χ2n) is 6.91. The number of hydrogen-bond donors (Lipinski definition) is 0. The fourth-order valence-corrected chi connectivity index (χ4v) is 6.09. The fourth-order valence-electron chi connectivity index (χ4n) is 3.14. The summed E-state index contributed by atoms with van der Waals surface area (Å²) in [6.45, 7) is 9.70. The van der Waals surface area contributed by atoms with Crippen molar-refractivity contribution in [1.29, 1.82) is 0 Å². The third kappa shape index (κ3) is 13.6. The molecule has 0 aliphatic carbocycles. The molecule has 0 rings (SSSR count). The highest BCUT2D eigenvalue weighted by Crippen LogP contribution is 2.19. The molecule has 27 heavy (non-hydrogen) atoms. The van der Waals surface area contributed by atoms with E-state index in [0.29, 0.717) is 43.6 Å². The maximum atomic E-state index is 12.3. The summed E-state index contributed by atoms with van der Waals surface area (Å²) in [6, 6.07) is 0.588. The van der Waals surface area contributed by atoms with Gasteiger partial charge in [0.2, 0.25) is 0 Å². The lowest BCUT2D eigenvalue weighted by Gasteiger charge is -2.28. The van der Waals surface area contributed by atoms with Crippen LogP contribution >= 0.6 is 12.2 Å². The Morgan fingerprint density at radius 1 is 0.704 bits per heavy atom. The standard InChI is InChI=1S/C21H42O4SSi/c1-5-9-10-11-12-13-14-15-16-17-20(22)21(26)18-19-27(23-6-2,24-7-3)25-8-4/h5-19H2,1-4H3. The van der Waals surface area contributed by atoms with Gasteiger partial charge in [-0.3, -0.25) is 4.79 Å². The lowest BCUT2D eigenvalue weighted by Crippen LogP contribution is -2.46. The Kier molecular flexibility index (Phi) is 17.8. The van der Waals surface area contributed by atoms with Gasteiger partial charge >= 0.3 is 8.80 Å². The van der Waals surface area contributed by atoms with Crippen molar-refractivity contribution >= 4 is 31.7 Å². The number of hydrogen-bond acceptors (Lipinski definition) is 5. The van der Waals surface area contributed by atoms with Crippen molar-refractivity contribution in [1.82, 2.24) is 0 Å². The molecule has 0 aliphatic rings. The number of carbonyl (C=O) groups excluding carboxylic acids is 1. The molecule has 6 heteroatoms. The van der Waals surface area contributed by atoms with Gasteiger partial charge in [-0.25, -0.2) is 0 Å². The summed E-state index contributed by atoms with van der Waals surface area (Å²) in [5.74, 6) is 0.111. The van der Waals surface area contributed by atoms with Gasteiger partial charge in [-0.2, -0.15) is 0 Å². The molecule has 0 aromatic carbocycles. The third-order valence-corrected chi connectivity index (χ3v) is 8.05. The highest BCUT2D eigenvalue weighted by atomic mass is 32.1. The van der Waals surface area contributed by atoms with Crippen LogP contribution in [0.4, 0.5) is 0 Å². The Labute approximate surface area is 174 Å². The highest BCUT2D eigenvalue weighted by molar-refractivity contribution is 7.82. The molecule has 0 unspecified atom stereocenters. The monoisotopic (exact) mass is 418 g/mol. The minimum absolute atomic E-state index is 0.111. The van der Waals surface area contributed by atoms with Crippen LogP contribution in [-0.2, 0) is 18.1 Å². The number of carbonyl (C=O) groups is 1. The van der Waals surface area contributed by atoms with Crippen LogP contribution in [0.5, 0.6) is 0 Å². The molecule has 0 heterocycles. The molecule has 0 aliphatic heterocycles. The Balaban J connectivity index is 4.03. The average Bonchev–Trinajstić information content (AvgIpc) is 2.65. The van der Waals surface area contributed by atoms with Crippen LogP contribution < -0.4 is 0 Å². The summed E-state index contributed by atoms with van der Waals surface area (Å²) in [7, 11) is -2.71. The SMILES string of the molecule is CCCCCCCCCCCC(=O)C(=S)CC[Si](OCC)(OCC)OCC. The molecule has 160 valence electrons. The van der Waals surface area contributed by atoms with E-state index in [1.54, 1.807) is 0 Å². The maximum absolute atomic E-state index is 12.3. The van der Waals surface area contributed by atoms with Gasteiger partial charge in [0.05, 0.1) is 4.86 Å². The Bertz CT molecular complexity index is 373. The first-order valence-electron chi connectivity index (χ1n) is 11.0. The van der Waals surface area contributed by atoms with E-state index < -0.39 is 8.80 Å². The first kappa shape index (κ1) is 26.9. The van der Waals surface area contributed by atoms with Crippen LogP contribution in [0.25, 0.3) is 0 Å². The Morgan fingerprint density at radius 2 is 1.15 bits per heavy atom. The Hall–Kier alpha value is -0.143.